The summed E-state index contributed by atoms with van der Waals surface area (Å²) in [4.78, 5) is 0. The summed E-state index contributed by atoms with van der Waals surface area (Å²) in [6.07, 6.45) is 1.79. The average molecular weight is 213 g/mol. The molecule has 11 heavy (non-hydrogen) atoms. The molecule has 0 aliphatic heterocycles. The zero-order valence-electron chi connectivity index (χ0n) is 5.53. The van der Waals surface area contributed by atoms with Crippen LogP contribution in [0.1, 0.15) is 0 Å². The summed E-state index contributed by atoms with van der Waals surface area (Å²) in [7, 11) is 0. The van der Waals surface area contributed by atoms with Crippen LogP contribution in [-0.4, -0.2) is 14.7 Å². The smallest absolute Gasteiger partial charge is 0.231 e. The monoisotopic (exact) mass is 212 g/mol. The zero-order valence-corrected chi connectivity index (χ0v) is 7.12. The molecule has 2 aromatic heterocycles. The fourth-order valence-electron chi connectivity index (χ4n) is 0.948. The predicted octanol–water partition coefficient (Wildman–Crippen LogP) is 1.80. The van der Waals surface area contributed by atoms with Gasteiger partial charge in [0.05, 0.1) is 5.52 Å². The first-order chi connectivity index (χ1) is 5.25. The molecule has 0 bridgehead atoms. The van der Waals surface area contributed by atoms with Gasteiger partial charge >= 0.3 is 0 Å². The summed E-state index contributed by atoms with van der Waals surface area (Å²) in [5.74, 6) is 0.0445. The molecular formula is C7H5BrN2O. The molecule has 2 aromatic rings. The Bertz CT molecular complexity index is 396. The fourth-order valence-corrected chi connectivity index (χ4v) is 1.27. The van der Waals surface area contributed by atoms with E-state index in [1.54, 1.807) is 16.8 Å². The fraction of sp³-hybridized carbons (Fsp3) is 0. The lowest BCUT2D eigenvalue weighted by molar-refractivity contribution is 0.449. The Labute approximate surface area is 71.4 Å². The van der Waals surface area contributed by atoms with Crippen molar-refractivity contribution in [2.45, 2.75) is 0 Å². The van der Waals surface area contributed by atoms with Crippen molar-refractivity contribution in [1.29, 1.82) is 0 Å². The van der Waals surface area contributed by atoms with Gasteiger partial charge in [-0.05, 0) is 28.1 Å². The normalized spacial score (nSPS) is 10.6. The summed E-state index contributed by atoms with van der Waals surface area (Å²) in [5.41, 5.74) is 0.880. The lowest BCUT2D eigenvalue weighted by Gasteiger charge is -1.91. The van der Waals surface area contributed by atoms with Crippen LogP contribution in [0, 0.1) is 0 Å². The highest BCUT2D eigenvalue weighted by atomic mass is 79.9. The lowest BCUT2D eigenvalue weighted by atomic mass is 10.4. The van der Waals surface area contributed by atoms with Crippen LogP contribution in [-0.2, 0) is 0 Å². The Morgan fingerprint density at radius 3 is 3.09 bits per heavy atom. The van der Waals surface area contributed by atoms with Crippen molar-refractivity contribution in [2.75, 3.05) is 0 Å². The number of fused-ring (bicyclic) bond motifs is 1. The first-order valence-corrected chi connectivity index (χ1v) is 3.89. The van der Waals surface area contributed by atoms with Crippen molar-refractivity contribution >= 4 is 21.4 Å². The number of pyridine rings is 1. The molecule has 0 unspecified atom stereocenters. The Kier molecular flexibility index (Phi) is 1.35. The van der Waals surface area contributed by atoms with Crippen molar-refractivity contribution in [1.82, 2.24) is 9.61 Å². The Balaban J connectivity index is 2.82. The molecule has 4 heteroatoms. The molecule has 0 radical (unpaired) electrons. The molecule has 0 aliphatic carbocycles. The van der Waals surface area contributed by atoms with Crippen LogP contribution in [0.2, 0.25) is 0 Å². The van der Waals surface area contributed by atoms with Crippen LogP contribution in [0.15, 0.2) is 28.9 Å². The first kappa shape index (κ1) is 6.67. The number of aromatic hydroxyl groups is 1. The van der Waals surface area contributed by atoms with Gasteiger partial charge in [-0.3, -0.25) is 0 Å². The van der Waals surface area contributed by atoms with Gasteiger partial charge in [-0.1, -0.05) is 0 Å². The standard InChI is InChI=1S/C7H5BrN2O/c8-5-1-2-6-3-7(11)9-10(6)4-5/h1-4H,(H,9,11). The van der Waals surface area contributed by atoms with E-state index in [4.69, 9.17) is 5.11 Å². The zero-order chi connectivity index (χ0) is 7.84. The third kappa shape index (κ3) is 1.09. The highest BCUT2D eigenvalue weighted by molar-refractivity contribution is 9.10. The van der Waals surface area contributed by atoms with E-state index in [0.717, 1.165) is 9.99 Å². The van der Waals surface area contributed by atoms with E-state index in [2.05, 4.69) is 21.0 Å². The summed E-state index contributed by atoms with van der Waals surface area (Å²) >= 11 is 3.30. The number of nitrogens with zero attached hydrogens (tertiary/aromatic N) is 2. The van der Waals surface area contributed by atoms with E-state index in [-0.39, 0.29) is 5.88 Å². The van der Waals surface area contributed by atoms with Crippen LogP contribution >= 0.6 is 15.9 Å². The summed E-state index contributed by atoms with van der Waals surface area (Å²) < 4.78 is 2.55. The maximum atomic E-state index is 9.00. The summed E-state index contributed by atoms with van der Waals surface area (Å²) in [5, 5.41) is 12.8. The highest BCUT2D eigenvalue weighted by Crippen LogP contribution is 2.15. The van der Waals surface area contributed by atoms with Crippen molar-refractivity contribution in [3.63, 3.8) is 0 Å². The second-order valence-electron chi connectivity index (χ2n) is 2.22. The van der Waals surface area contributed by atoms with E-state index < -0.39 is 0 Å². The Morgan fingerprint density at radius 2 is 2.27 bits per heavy atom. The Morgan fingerprint density at radius 1 is 1.45 bits per heavy atom. The van der Waals surface area contributed by atoms with Crippen LogP contribution in [0.4, 0.5) is 0 Å². The van der Waals surface area contributed by atoms with E-state index in [0.29, 0.717) is 0 Å². The maximum Gasteiger partial charge on any atom is 0.231 e. The molecule has 0 aromatic carbocycles. The topological polar surface area (TPSA) is 37.5 Å². The maximum absolute atomic E-state index is 9.00. The van der Waals surface area contributed by atoms with Crippen LogP contribution in [0.3, 0.4) is 0 Å². The van der Waals surface area contributed by atoms with Gasteiger partial charge < -0.3 is 5.11 Å². The van der Waals surface area contributed by atoms with Crippen molar-refractivity contribution in [2.24, 2.45) is 0 Å². The SMILES string of the molecule is Oc1cc2ccc(Br)cn2n1. The van der Waals surface area contributed by atoms with Gasteiger partial charge in [0.15, 0.2) is 0 Å². The molecule has 0 spiro atoms. The van der Waals surface area contributed by atoms with Crippen molar-refractivity contribution in [3.8, 4) is 5.88 Å². The lowest BCUT2D eigenvalue weighted by Crippen LogP contribution is -1.84. The van der Waals surface area contributed by atoms with E-state index >= 15 is 0 Å². The minimum absolute atomic E-state index is 0.0445. The molecule has 0 fully saturated rings. The van der Waals surface area contributed by atoms with Crippen LogP contribution in [0.25, 0.3) is 5.52 Å². The third-order valence-corrected chi connectivity index (χ3v) is 1.88. The van der Waals surface area contributed by atoms with E-state index in [1.807, 2.05) is 12.1 Å². The van der Waals surface area contributed by atoms with Gasteiger partial charge in [-0.25, -0.2) is 4.52 Å². The summed E-state index contributed by atoms with van der Waals surface area (Å²) in [6, 6.07) is 5.37. The molecule has 2 heterocycles. The number of rotatable bonds is 0. The van der Waals surface area contributed by atoms with Crippen LogP contribution in [0.5, 0.6) is 5.88 Å². The van der Waals surface area contributed by atoms with Gasteiger partial charge in [0.25, 0.3) is 0 Å². The number of hydrogen-bond acceptors (Lipinski definition) is 2. The summed E-state index contributed by atoms with van der Waals surface area (Å²) in [6.45, 7) is 0. The van der Waals surface area contributed by atoms with Gasteiger partial charge in [0.2, 0.25) is 5.88 Å². The molecule has 1 N–H and O–H groups in total. The second-order valence-corrected chi connectivity index (χ2v) is 3.13. The average Bonchev–Trinajstić information content (AvgIpc) is 2.27. The van der Waals surface area contributed by atoms with Gasteiger partial charge in [0, 0.05) is 16.7 Å². The third-order valence-electron chi connectivity index (χ3n) is 1.41. The van der Waals surface area contributed by atoms with Gasteiger partial charge in [0.1, 0.15) is 0 Å². The molecule has 56 valence electrons. The molecule has 0 saturated heterocycles. The molecule has 3 nitrogen and oxygen atoms in total. The van der Waals surface area contributed by atoms with Gasteiger partial charge in [-0.15, -0.1) is 5.10 Å². The molecular weight excluding hydrogens is 208 g/mol. The molecule has 2 rings (SSSR count). The molecule has 0 atom stereocenters. The highest BCUT2D eigenvalue weighted by Gasteiger charge is 1.97. The number of halogens is 1. The van der Waals surface area contributed by atoms with Crippen LogP contribution < -0.4 is 0 Å². The molecule has 0 saturated carbocycles. The number of aromatic nitrogens is 2. The van der Waals surface area contributed by atoms with Crippen molar-refractivity contribution < 1.29 is 5.11 Å². The molecule has 0 aliphatic rings. The minimum Gasteiger partial charge on any atom is -0.492 e. The minimum atomic E-state index is 0.0445. The Hall–Kier alpha value is -1.03. The largest absolute Gasteiger partial charge is 0.492 e. The second kappa shape index (κ2) is 2.23. The number of hydrogen-bond donors (Lipinski definition) is 1. The molecule has 0 amide bonds. The van der Waals surface area contributed by atoms with E-state index in [9.17, 15) is 0 Å². The first-order valence-electron chi connectivity index (χ1n) is 3.09. The van der Waals surface area contributed by atoms with Gasteiger partial charge in [-0.2, -0.15) is 0 Å². The predicted molar refractivity (Wildman–Crippen MR) is 44.6 cm³/mol. The van der Waals surface area contributed by atoms with E-state index in [1.165, 1.54) is 0 Å². The quantitative estimate of drug-likeness (QED) is 0.724. The van der Waals surface area contributed by atoms with Crippen molar-refractivity contribution in [3.05, 3.63) is 28.9 Å².